The standard InChI is InChI=1S/C11H12N2S/c1-2-8-3-5-9(6-4-8)10-7-14-11(12)13-10/h3-7H,2H2,1H3,(H2,12,13). The van der Waals surface area contributed by atoms with E-state index >= 15 is 0 Å². The third kappa shape index (κ3) is 1.77. The molecule has 0 bridgehead atoms. The predicted molar refractivity (Wildman–Crippen MR) is 61.3 cm³/mol. The molecule has 0 aliphatic rings. The van der Waals surface area contributed by atoms with Gasteiger partial charge >= 0.3 is 0 Å². The van der Waals surface area contributed by atoms with Crippen molar-refractivity contribution in [1.29, 1.82) is 0 Å². The van der Waals surface area contributed by atoms with E-state index in [1.165, 1.54) is 16.9 Å². The van der Waals surface area contributed by atoms with Crippen molar-refractivity contribution in [3.63, 3.8) is 0 Å². The number of rotatable bonds is 2. The van der Waals surface area contributed by atoms with Gasteiger partial charge < -0.3 is 5.73 Å². The van der Waals surface area contributed by atoms with Crippen LogP contribution in [0.2, 0.25) is 0 Å². The van der Waals surface area contributed by atoms with E-state index in [9.17, 15) is 0 Å². The van der Waals surface area contributed by atoms with Crippen molar-refractivity contribution in [3.8, 4) is 11.3 Å². The van der Waals surface area contributed by atoms with Gasteiger partial charge in [-0.2, -0.15) is 0 Å². The summed E-state index contributed by atoms with van der Waals surface area (Å²) in [5, 5.41) is 2.61. The van der Waals surface area contributed by atoms with E-state index < -0.39 is 0 Å². The summed E-state index contributed by atoms with van der Waals surface area (Å²) >= 11 is 1.48. The highest BCUT2D eigenvalue weighted by Gasteiger charge is 2.01. The zero-order valence-electron chi connectivity index (χ0n) is 8.03. The summed E-state index contributed by atoms with van der Waals surface area (Å²) < 4.78 is 0. The second-order valence-electron chi connectivity index (χ2n) is 3.12. The average Bonchev–Trinajstić information content (AvgIpc) is 2.65. The lowest BCUT2D eigenvalue weighted by Crippen LogP contribution is -1.84. The molecule has 2 nitrogen and oxygen atoms in total. The first-order valence-corrected chi connectivity index (χ1v) is 5.48. The Labute approximate surface area is 87.4 Å². The molecule has 0 amide bonds. The van der Waals surface area contributed by atoms with Crippen LogP contribution in [0.5, 0.6) is 0 Å². The molecule has 0 fully saturated rings. The summed E-state index contributed by atoms with van der Waals surface area (Å²) in [7, 11) is 0. The summed E-state index contributed by atoms with van der Waals surface area (Å²) in [6.07, 6.45) is 1.07. The minimum Gasteiger partial charge on any atom is -0.375 e. The highest BCUT2D eigenvalue weighted by molar-refractivity contribution is 7.13. The van der Waals surface area contributed by atoms with E-state index in [1.54, 1.807) is 0 Å². The van der Waals surface area contributed by atoms with Crippen molar-refractivity contribution < 1.29 is 0 Å². The van der Waals surface area contributed by atoms with Crippen LogP contribution in [0.1, 0.15) is 12.5 Å². The Morgan fingerprint density at radius 2 is 2.00 bits per heavy atom. The normalized spacial score (nSPS) is 10.4. The summed E-state index contributed by atoms with van der Waals surface area (Å²) in [5.74, 6) is 0. The van der Waals surface area contributed by atoms with Crippen molar-refractivity contribution in [2.24, 2.45) is 0 Å². The number of nitrogens with two attached hydrogens (primary N) is 1. The smallest absolute Gasteiger partial charge is 0.180 e. The molecule has 14 heavy (non-hydrogen) atoms. The van der Waals surface area contributed by atoms with E-state index in [0.29, 0.717) is 5.13 Å². The molecule has 2 rings (SSSR count). The lowest BCUT2D eigenvalue weighted by molar-refractivity contribution is 1.14. The maximum absolute atomic E-state index is 5.58. The number of aryl methyl sites for hydroxylation is 1. The minimum atomic E-state index is 0.625. The summed E-state index contributed by atoms with van der Waals surface area (Å²) in [6, 6.07) is 8.44. The Morgan fingerprint density at radius 3 is 2.50 bits per heavy atom. The first-order valence-electron chi connectivity index (χ1n) is 4.60. The van der Waals surface area contributed by atoms with Crippen LogP contribution in [0.15, 0.2) is 29.6 Å². The van der Waals surface area contributed by atoms with Crippen LogP contribution in [0.3, 0.4) is 0 Å². The highest BCUT2D eigenvalue weighted by atomic mass is 32.1. The molecule has 0 aliphatic carbocycles. The molecule has 0 saturated carbocycles. The first-order chi connectivity index (χ1) is 6.79. The van der Waals surface area contributed by atoms with Gasteiger partial charge in [0.25, 0.3) is 0 Å². The quantitative estimate of drug-likeness (QED) is 0.816. The van der Waals surface area contributed by atoms with E-state index in [0.717, 1.165) is 17.7 Å². The summed E-state index contributed by atoms with van der Waals surface area (Å²) in [6.45, 7) is 2.15. The summed E-state index contributed by atoms with van der Waals surface area (Å²) in [5.41, 5.74) is 9.03. The van der Waals surface area contributed by atoms with Gasteiger partial charge in [-0.3, -0.25) is 0 Å². The number of hydrogen-bond acceptors (Lipinski definition) is 3. The van der Waals surface area contributed by atoms with Crippen LogP contribution in [0, 0.1) is 0 Å². The maximum Gasteiger partial charge on any atom is 0.180 e. The van der Waals surface area contributed by atoms with Gasteiger partial charge in [0.1, 0.15) is 0 Å². The SMILES string of the molecule is CCc1ccc(-c2csc(N)n2)cc1. The van der Waals surface area contributed by atoms with E-state index in [1.807, 2.05) is 5.38 Å². The molecule has 1 aromatic heterocycles. The lowest BCUT2D eigenvalue weighted by atomic mass is 10.1. The monoisotopic (exact) mass is 204 g/mol. The molecule has 0 saturated heterocycles. The van der Waals surface area contributed by atoms with Gasteiger partial charge in [-0.1, -0.05) is 31.2 Å². The largest absolute Gasteiger partial charge is 0.375 e. The second-order valence-corrected chi connectivity index (χ2v) is 4.01. The fourth-order valence-electron chi connectivity index (χ4n) is 1.33. The Balaban J connectivity index is 2.33. The number of aromatic nitrogens is 1. The Bertz CT molecular complexity index is 417. The maximum atomic E-state index is 5.58. The van der Waals surface area contributed by atoms with Crippen molar-refractivity contribution in [3.05, 3.63) is 35.2 Å². The molecule has 2 N–H and O–H groups in total. The minimum absolute atomic E-state index is 0.625. The predicted octanol–water partition coefficient (Wildman–Crippen LogP) is 2.95. The van der Waals surface area contributed by atoms with Gasteiger partial charge in [0, 0.05) is 10.9 Å². The van der Waals surface area contributed by atoms with Crippen molar-refractivity contribution >= 4 is 16.5 Å². The second kappa shape index (κ2) is 3.80. The molecule has 3 heteroatoms. The van der Waals surface area contributed by atoms with Gasteiger partial charge in [-0.25, -0.2) is 4.98 Å². The van der Waals surface area contributed by atoms with Gasteiger partial charge in [0.05, 0.1) is 5.69 Å². The number of thiazole rings is 1. The van der Waals surface area contributed by atoms with Gasteiger partial charge in [0.15, 0.2) is 5.13 Å². The number of nitrogen functional groups attached to an aromatic ring is 1. The molecular weight excluding hydrogens is 192 g/mol. The highest BCUT2D eigenvalue weighted by Crippen LogP contribution is 2.23. The van der Waals surface area contributed by atoms with Crippen molar-refractivity contribution in [2.75, 3.05) is 5.73 Å². The third-order valence-corrected chi connectivity index (χ3v) is 2.85. The Hall–Kier alpha value is -1.35. The molecule has 1 aromatic carbocycles. The average molecular weight is 204 g/mol. The van der Waals surface area contributed by atoms with Crippen LogP contribution in [0.25, 0.3) is 11.3 Å². The van der Waals surface area contributed by atoms with Crippen LogP contribution in [-0.2, 0) is 6.42 Å². The van der Waals surface area contributed by atoms with Gasteiger partial charge in [-0.15, -0.1) is 11.3 Å². The van der Waals surface area contributed by atoms with Gasteiger partial charge in [-0.05, 0) is 12.0 Å². The fraction of sp³-hybridized carbons (Fsp3) is 0.182. The van der Waals surface area contributed by atoms with Crippen molar-refractivity contribution in [2.45, 2.75) is 13.3 Å². The van der Waals surface area contributed by atoms with E-state index in [2.05, 4.69) is 36.2 Å². The van der Waals surface area contributed by atoms with Crippen LogP contribution in [0.4, 0.5) is 5.13 Å². The number of anilines is 1. The molecule has 0 spiro atoms. The first kappa shape index (κ1) is 9.21. The summed E-state index contributed by atoms with van der Waals surface area (Å²) in [4.78, 5) is 4.23. The third-order valence-electron chi connectivity index (χ3n) is 2.18. The molecule has 0 atom stereocenters. The van der Waals surface area contributed by atoms with Crippen LogP contribution >= 0.6 is 11.3 Å². The van der Waals surface area contributed by atoms with E-state index in [-0.39, 0.29) is 0 Å². The molecule has 0 aliphatic heterocycles. The Kier molecular flexibility index (Phi) is 2.50. The number of hydrogen-bond donors (Lipinski definition) is 1. The Morgan fingerprint density at radius 1 is 1.29 bits per heavy atom. The fourth-order valence-corrected chi connectivity index (χ4v) is 1.90. The number of benzene rings is 1. The molecule has 2 aromatic rings. The molecule has 0 unspecified atom stereocenters. The molecular formula is C11H12N2S. The molecule has 0 radical (unpaired) electrons. The lowest BCUT2D eigenvalue weighted by Gasteiger charge is -1.98. The van der Waals surface area contributed by atoms with Crippen LogP contribution in [-0.4, -0.2) is 4.98 Å². The number of nitrogens with zero attached hydrogens (tertiary/aromatic N) is 1. The molecule has 72 valence electrons. The van der Waals surface area contributed by atoms with Crippen LogP contribution < -0.4 is 5.73 Å². The zero-order chi connectivity index (χ0) is 9.97. The zero-order valence-corrected chi connectivity index (χ0v) is 8.84. The van der Waals surface area contributed by atoms with Gasteiger partial charge in [0.2, 0.25) is 0 Å². The van der Waals surface area contributed by atoms with Crippen molar-refractivity contribution in [1.82, 2.24) is 4.98 Å². The van der Waals surface area contributed by atoms with E-state index in [4.69, 9.17) is 5.73 Å². The topological polar surface area (TPSA) is 38.9 Å². The molecule has 1 heterocycles.